The number of fused-ring (bicyclic) bond motifs is 1. The maximum atomic E-state index is 9.76. The number of nitrogens with zero attached hydrogens (tertiary/aromatic N) is 4. The average Bonchev–Trinajstić information content (AvgIpc) is 2.80. The normalized spacial score (nSPS) is 22.8. The van der Waals surface area contributed by atoms with Crippen LogP contribution < -0.4 is 5.32 Å². The Balaban J connectivity index is 1.32. The number of aromatic nitrogens is 3. The highest BCUT2D eigenvalue weighted by molar-refractivity contribution is 5.92. The highest BCUT2D eigenvalue weighted by atomic mass is 16.5. The quantitative estimate of drug-likeness (QED) is 0.688. The van der Waals surface area contributed by atoms with Crippen LogP contribution in [0.5, 0.6) is 5.75 Å². The van der Waals surface area contributed by atoms with Crippen LogP contribution in [0.15, 0.2) is 43.0 Å². The van der Waals surface area contributed by atoms with Crippen molar-refractivity contribution in [2.24, 2.45) is 0 Å². The Morgan fingerprint density at radius 3 is 2.60 bits per heavy atom. The molecule has 2 N–H and O–H groups in total. The average molecular weight is 406 g/mol. The number of morpholine rings is 1. The molecule has 2 aliphatic rings. The molecule has 1 aromatic carbocycles. The zero-order valence-corrected chi connectivity index (χ0v) is 17.0. The summed E-state index contributed by atoms with van der Waals surface area (Å²) in [5.74, 6) is 1.04. The van der Waals surface area contributed by atoms with Crippen LogP contribution in [0.4, 0.5) is 5.82 Å². The number of nitrogens with one attached hydrogen (secondary N) is 1. The van der Waals surface area contributed by atoms with Gasteiger partial charge in [-0.1, -0.05) is 6.07 Å². The molecule has 1 aliphatic carbocycles. The molecule has 5 rings (SSSR count). The molecule has 0 spiro atoms. The molecule has 0 unspecified atom stereocenters. The van der Waals surface area contributed by atoms with Crippen LogP contribution in [0.1, 0.15) is 25.7 Å². The van der Waals surface area contributed by atoms with Crippen molar-refractivity contribution in [3.63, 3.8) is 0 Å². The molecule has 156 valence electrons. The molecule has 3 aromatic rings. The monoisotopic (exact) mass is 405 g/mol. The molecule has 2 aromatic heterocycles. The van der Waals surface area contributed by atoms with E-state index in [9.17, 15) is 5.11 Å². The predicted octanol–water partition coefficient (Wildman–Crippen LogP) is 3.45. The number of anilines is 1. The van der Waals surface area contributed by atoms with Crippen LogP contribution in [0, 0.1) is 0 Å². The molecule has 7 nitrogen and oxygen atoms in total. The molecule has 1 aliphatic heterocycles. The predicted molar refractivity (Wildman–Crippen MR) is 116 cm³/mol. The van der Waals surface area contributed by atoms with Crippen molar-refractivity contribution < 1.29 is 9.84 Å². The van der Waals surface area contributed by atoms with Crippen molar-refractivity contribution >= 4 is 16.7 Å². The summed E-state index contributed by atoms with van der Waals surface area (Å²) in [5.41, 5.74) is 2.77. The minimum atomic E-state index is 0.160. The Kier molecular flexibility index (Phi) is 5.46. The lowest BCUT2D eigenvalue weighted by atomic mass is 9.90. The summed E-state index contributed by atoms with van der Waals surface area (Å²) in [6, 6.07) is 8.90. The van der Waals surface area contributed by atoms with Crippen LogP contribution >= 0.6 is 0 Å². The summed E-state index contributed by atoms with van der Waals surface area (Å²) in [6.45, 7) is 3.85. The molecule has 0 amide bonds. The van der Waals surface area contributed by atoms with E-state index in [1.807, 2.05) is 12.1 Å². The van der Waals surface area contributed by atoms with Crippen LogP contribution in [0.25, 0.3) is 22.0 Å². The third kappa shape index (κ3) is 4.08. The van der Waals surface area contributed by atoms with Crippen molar-refractivity contribution in [2.75, 3.05) is 31.6 Å². The summed E-state index contributed by atoms with van der Waals surface area (Å²) in [6.07, 6.45) is 9.52. The van der Waals surface area contributed by atoms with E-state index < -0.39 is 0 Å². The van der Waals surface area contributed by atoms with Gasteiger partial charge in [-0.25, -0.2) is 9.97 Å². The number of rotatable bonds is 4. The fraction of sp³-hybridized carbons (Fsp3) is 0.435. The molecular weight excluding hydrogens is 378 g/mol. The van der Waals surface area contributed by atoms with Gasteiger partial charge in [0.15, 0.2) is 0 Å². The van der Waals surface area contributed by atoms with Crippen LogP contribution in [0.2, 0.25) is 0 Å². The van der Waals surface area contributed by atoms with E-state index in [2.05, 4.69) is 31.2 Å². The van der Waals surface area contributed by atoms with Crippen molar-refractivity contribution in [3.8, 4) is 16.9 Å². The van der Waals surface area contributed by atoms with Crippen LogP contribution in [-0.2, 0) is 4.74 Å². The molecular formula is C23H27N5O2. The van der Waals surface area contributed by atoms with Gasteiger partial charge < -0.3 is 15.2 Å². The van der Waals surface area contributed by atoms with E-state index in [4.69, 9.17) is 4.74 Å². The lowest BCUT2D eigenvalue weighted by molar-refractivity contribution is 0.00791. The second kappa shape index (κ2) is 8.53. The van der Waals surface area contributed by atoms with Crippen molar-refractivity contribution in [1.82, 2.24) is 19.9 Å². The first-order chi connectivity index (χ1) is 14.8. The Morgan fingerprint density at radius 2 is 1.80 bits per heavy atom. The van der Waals surface area contributed by atoms with Gasteiger partial charge in [0.05, 0.1) is 24.9 Å². The number of aromatic hydroxyl groups is 1. The SMILES string of the molecule is Oc1cncc(-c2ccc3ncnc(N[C@H]4CC[C@H](N5CCOCC5)CC4)c3c2)c1. The first-order valence-corrected chi connectivity index (χ1v) is 10.7. The van der Waals surface area contributed by atoms with E-state index in [0.29, 0.717) is 12.1 Å². The smallest absolute Gasteiger partial charge is 0.137 e. The van der Waals surface area contributed by atoms with Crippen LogP contribution in [0.3, 0.4) is 0 Å². The molecule has 0 atom stereocenters. The van der Waals surface area contributed by atoms with Crippen molar-refractivity contribution in [2.45, 2.75) is 37.8 Å². The molecule has 0 bridgehead atoms. The number of benzene rings is 1. The van der Waals surface area contributed by atoms with E-state index in [1.165, 1.54) is 19.0 Å². The topological polar surface area (TPSA) is 83.4 Å². The van der Waals surface area contributed by atoms with Gasteiger partial charge in [-0.2, -0.15) is 0 Å². The minimum absolute atomic E-state index is 0.160. The van der Waals surface area contributed by atoms with E-state index in [0.717, 1.165) is 67.0 Å². The first kappa shape index (κ1) is 19.2. The first-order valence-electron chi connectivity index (χ1n) is 10.7. The molecule has 1 saturated carbocycles. The fourth-order valence-corrected chi connectivity index (χ4v) is 4.66. The standard InChI is InChI=1S/C23H27N5O2/c29-20-11-17(13-24-14-20)16-1-6-22-21(12-16)23(26-15-25-22)27-18-2-4-19(5-3-18)28-7-9-30-10-8-28/h1,6,11-15,18-19,29H,2-5,7-10H2,(H,25,26,27)/t18-,19-. The Labute approximate surface area is 176 Å². The number of hydrogen-bond donors (Lipinski definition) is 2. The Bertz CT molecular complexity index is 1010. The summed E-state index contributed by atoms with van der Waals surface area (Å²) >= 11 is 0. The highest BCUT2D eigenvalue weighted by Gasteiger charge is 2.27. The van der Waals surface area contributed by atoms with Gasteiger partial charge in [0, 0.05) is 42.3 Å². The molecule has 2 fully saturated rings. The van der Waals surface area contributed by atoms with Crippen molar-refractivity contribution in [3.05, 3.63) is 43.0 Å². The number of pyridine rings is 1. The van der Waals surface area contributed by atoms with Crippen LogP contribution in [-0.4, -0.2) is 63.3 Å². The van der Waals surface area contributed by atoms with E-state index in [-0.39, 0.29) is 5.75 Å². The summed E-state index contributed by atoms with van der Waals surface area (Å²) in [5, 5.41) is 14.4. The number of hydrogen-bond acceptors (Lipinski definition) is 7. The molecule has 7 heteroatoms. The highest BCUT2D eigenvalue weighted by Crippen LogP contribution is 2.30. The minimum Gasteiger partial charge on any atom is -0.506 e. The second-order valence-electron chi connectivity index (χ2n) is 8.18. The molecule has 3 heterocycles. The molecule has 30 heavy (non-hydrogen) atoms. The summed E-state index contributed by atoms with van der Waals surface area (Å²) < 4.78 is 5.49. The van der Waals surface area contributed by atoms with Gasteiger partial charge in [-0.15, -0.1) is 0 Å². The zero-order valence-electron chi connectivity index (χ0n) is 17.0. The fourth-order valence-electron chi connectivity index (χ4n) is 4.66. The van der Waals surface area contributed by atoms with Gasteiger partial charge in [0.25, 0.3) is 0 Å². The third-order valence-corrected chi connectivity index (χ3v) is 6.29. The largest absolute Gasteiger partial charge is 0.506 e. The summed E-state index contributed by atoms with van der Waals surface area (Å²) in [7, 11) is 0. The van der Waals surface area contributed by atoms with E-state index >= 15 is 0 Å². The molecule has 0 radical (unpaired) electrons. The Morgan fingerprint density at radius 1 is 0.967 bits per heavy atom. The summed E-state index contributed by atoms with van der Waals surface area (Å²) in [4.78, 5) is 15.7. The van der Waals surface area contributed by atoms with Gasteiger partial charge in [-0.05, 0) is 49.4 Å². The van der Waals surface area contributed by atoms with Gasteiger partial charge >= 0.3 is 0 Å². The lowest BCUT2D eigenvalue weighted by Gasteiger charge is -2.39. The van der Waals surface area contributed by atoms with Crippen molar-refractivity contribution in [1.29, 1.82) is 0 Å². The number of ether oxygens (including phenoxy) is 1. The zero-order chi connectivity index (χ0) is 20.3. The maximum absolute atomic E-state index is 9.76. The van der Waals surface area contributed by atoms with Gasteiger partial charge in [-0.3, -0.25) is 9.88 Å². The second-order valence-corrected chi connectivity index (χ2v) is 8.18. The lowest BCUT2D eigenvalue weighted by Crippen LogP contribution is -2.46. The molecule has 1 saturated heterocycles. The van der Waals surface area contributed by atoms with Gasteiger partial charge in [0.2, 0.25) is 0 Å². The van der Waals surface area contributed by atoms with Gasteiger partial charge in [0.1, 0.15) is 17.9 Å². The third-order valence-electron chi connectivity index (χ3n) is 6.29. The van der Waals surface area contributed by atoms with E-state index in [1.54, 1.807) is 18.6 Å². The Hall–Kier alpha value is -2.77. The maximum Gasteiger partial charge on any atom is 0.137 e.